The lowest BCUT2D eigenvalue weighted by molar-refractivity contribution is 1.18. The van der Waals surface area contributed by atoms with Gasteiger partial charge in [-0.1, -0.05) is 217 Å². The lowest BCUT2D eigenvalue weighted by atomic mass is 10.0. The van der Waals surface area contributed by atoms with Crippen molar-refractivity contribution in [1.29, 1.82) is 5.26 Å². The van der Waals surface area contributed by atoms with Crippen LogP contribution in [-0.2, 0) is 0 Å². The topological polar surface area (TPSA) is 53.4 Å². The van der Waals surface area contributed by atoms with Crippen molar-refractivity contribution in [2.75, 3.05) is 0 Å². The molecule has 0 bridgehead atoms. The van der Waals surface area contributed by atoms with Crippen LogP contribution in [-0.4, -0.2) is 27.4 Å². The third-order valence-corrected chi connectivity index (χ3v) is 25.4. The first-order valence-electron chi connectivity index (χ1n) is 75.0. The van der Waals surface area contributed by atoms with Crippen molar-refractivity contribution < 1.29 is 96.0 Å². The molecule has 0 saturated heterocycles. The van der Waals surface area contributed by atoms with E-state index in [2.05, 4.69) is 0 Å². The molecule has 628 valence electrons. The summed E-state index contributed by atoms with van der Waals surface area (Å²) in [5.74, 6) is 0. The minimum atomic E-state index is -0.978. The highest BCUT2D eigenvalue weighted by molar-refractivity contribution is 7.26. The van der Waals surface area contributed by atoms with Crippen LogP contribution < -0.4 is 0 Å². The van der Waals surface area contributed by atoms with Crippen molar-refractivity contribution >= 4 is 225 Å². The smallest absolute Gasteiger partial charge is 0.0991 e. The molecular formula is C124H79N7S3. The molecule has 29 rings (SSSR count). The Morgan fingerprint density at radius 3 is 0.888 bits per heavy atom. The molecule has 9 heterocycles. The fourth-order valence-electron chi connectivity index (χ4n) is 16.6. The van der Waals surface area contributed by atoms with Crippen molar-refractivity contribution in [3.05, 3.63) is 445 Å². The van der Waals surface area contributed by atoms with E-state index in [1.54, 1.807) is 6.07 Å². The SMILES string of the molecule is [2H]c1c(-n2c3c([2H])c([2H])c([2H])c([2H])c3c3c([2H])c([2H])c([2H])c([2H])c32)c([2H])c2c(sc3c([2H])c([2H])c(-n4c5c([2H])c([2H])c([2H])c([2H])c5c5c([2H])c(C)c([2H])c([2H])c54)c([2H])c32)c1[2H].[2H]c1c([2H])c(-n2c3c([2H])c([2H])c([2H])c([2H])c3c3c([2H])c(-c4c([2H])c([2H])c5c(c4[2H])c4c([2H])c([2H])c([2H])c([2H])c4n5-c4c([2H])c([2H])c([2H])c5c4sc4c([2H])c(C)c([2H])c([2H])c45)c([2H])c([2H])c32)c([2H])c([2H])c1C#N.[2H]c1c([2H])c([2H])c(-n2c3c([2H])c([2H])c([2H])c([2H])c3c3c([2H])c(-c4c([2H])c([2H])c5c(c4[2H])c4c([2H])c([2H])c([2H])c([2H])c4n5-c4c([2H])c([2H])c5sc6c([2H])c(C)c([2H])c([2H])c6c5c4[2H])c([2H])c([2H])c32)c([2H])c1[2H]. The van der Waals surface area contributed by atoms with Crippen molar-refractivity contribution in [2.45, 2.75) is 20.8 Å². The van der Waals surface area contributed by atoms with Gasteiger partial charge in [0.2, 0.25) is 0 Å². The van der Waals surface area contributed by atoms with Gasteiger partial charge in [0.1, 0.15) is 0 Å². The Kier molecular flexibility index (Phi) is 7.94. The van der Waals surface area contributed by atoms with Gasteiger partial charge in [0.25, 0.3) is 0 Å². The van der Waals surface area contributed by atoms with E-state index in [1.807, 2.05) is 0 Å². The minimum absolute atomic E-state index is 0.0157. The molecule has 0 spiro atoms. The van der Waals surface area contributed by atoms with Crippen LogP contribution in [0.3, 0.4) is 0 Å². The molecule has 134 heavy (non-hydrogen) atoms. The Balaban J connectivity index is 0.000000139. The van der Waals surface area contributed by atoms with E-state index in [0.29, 0.717) is 11.3 Å². The minimum Gasteiger partial charge on any atom is -0.309 e. The summed E-state index contributed by atoms with van der Waals surface area (Å²) in [5.41, 5.74) is -12.8. The average molecular weight is 1830 g/mol. The standard InChI is InChI=1S/C44H27N3S.C43H28N2S.C37H24N2S/c1-27-13-20-34-35-9-6-12-42(44(35)48-43(34)23-27)47-39-11-5-3-8-33(39)37-25-30(17-22-41(37)47)29-16-21-40-36(24-29)32-7-2-4-10-38(32)46(40)31-18-14-28(26-45)15-19-31;1-27-15-19-34-37-26-31(18-22-42(37)46-43(34)23-27)45-39-14-8-6-12-33(39)36-25-29(17-21-41(36)45)28-16-20-40-35(24-28)32-11-5-7-13-38(32)44(40)30-9-3-2-4-10-30;1-23-14-17-35-29(20-23)28-10-4-7-13-34(28)39(35)25-16-19-37-31(22-25)30-21-24(15-18-36(30)40-37)38-32-11-5-2-8-26(32)27-9-3-6-12-33(27)38/h2-25H,1H3;2-26H,1H3;2-22H,1H3/i2D,3D,4D,5D,6D,7D,8D,9D,10D,11D,12D,13D,14D,15D,16D,17D,18D,19D,20D,21D,22D,23D,24D,25D;2D,3D,4D,5D,6D,7D,8D,9D,10D,11D,12D,13D,14D,15D,16D,17D,18D,19D,20D,21D,22D,23D,24D,25D,26D;2D,3D,4D,5D,6D,7D,8D,9D,10D,11D,12D,13D,14D,15D,16D,17D,18D,19D,20D,21D,22D. The number of aromatic nitrogens is 6. The van der Waals surface area contributed by atoms with E-state index < -0.39 is 553 Å². The highest BCUT2D eigenvalue weighted by atomic mass is 32.1. The van der Waals surface area contributed by atoms with Gasteiger partial charge in [-0.05, 0) is 266 Å². The van der Waals surface area contributed by atoms with Crippen LogP contribution in [0.4, 0.5) is 0 Å². The number of benzene rings is 20. The molecule has 0 fully saturated rings. The number of nitrogens with zero attached hydrogens (tertiary/aromatic N) is 7. The van der Waals surface area contributed by atoms with Crippen LogP contribution in [0.5, 0.6) is 0 Å². The lowest BCUT2D eigenvalue weighted by Crippen LogP contribution is -1.94. The number of rotatable bonds is 8. The molecule has 0 aliphatic rings. The van der Waals surface area contributed by atoms with Gasteiger partial charge >= 0.3 is 0 Å². The zero-order chi connectivity index (χ0) is 150. The molecule has 0 aliphatic heterocycles. The Bertz CT molecular complexity index is 14200. The molecule has 0 amide bonds. The van der Waals surface area contributed by atoms with Crippen LogP contribution in [0.2, 0.25) is 0 Å². The summed E-state index contributed by atoms with van der Waals surface area (Å²) >= 11 is 2.33. The van der Waals surface area contributed by atoms with E-state index in [9.17, 15) is 38.2 Å². The average Bonchev–Trinajstić information content (AvgIpc) is 1.52. The molecule has 0 atom stereocenters. The van der Waals surface area contributed by atoms with Gasteiger partial charge in [0, 0.05) is 149 Å². The van der Waals surface area contributed by atoms with Gasteiger partial charge < -0.3 is 27.4 Å². The monoisotopic (exact) mass is 1830 g/mol. The molecule has 9 aromatic heterocycles. The van der Waals surface area contributed by atoms with Gasteiger partial charge in [-0.25, -0.2) is 0 Å². The Labute approximate surface area is 880 Å². The lowest BCUT2D eigenvalue weighted by Gasteiger charge is -2.10. The van der Waals surface area contributed by atoms with Crippen LogP contribution >= 0.6 is 34.0 Å². The summed E-state index contributed by atoms with van der Waals surface area (Å²) in [7, 11) is 0. The molecule has 20 aromatic carbocycles. The van der Waals surface area contributed by atoms with Crippen molar-refractivity contribution in [1.82, 2.24) is 27.4 Å². The summed E-state index contributed by atoms with van der Waals surface area (Å²) in [6, 6.07) is -49.9. The van der Waals surface area contributed by atoms with Crippen LogP contribution in [0.15, 0.2) is 423 Å². The third kappa shape index (κ3) is 12.1. The Hall–Kier alpha value is -16.7. The predicted octanol–water partition coefficient (Wildman–Crippen LogP) is 34.9. The molecular weight excluding hydrogens is 1680 g/mol. The summed E-state index contributed by atoms with van der Waals surface area (Å²) in [6.07, 6.45) is 0. The first-order valence-corrected chi connectivity index (χ1v) is 42.4. The largest absolute Gasteiger partial charge is 0.309 e. The number of nitriles is 1. The Morgan fingerprint density at radius 1 is 0.194 bits per heavy atom. The van der Waals surface area contributed by atoms with Gasteiger partial charge in [-0.15, -0.1) is 34.0 Å². The van der Waals surface area contributed by atoms with Crippen LogP contribution in [0.1, 0.15) is 118 Å². The van der Waals surface area contributed by atoms with Crippen molar-refractivity contribution in [2.24, 2.45) is 0 Å². The first-order chi connectivity index (χ1) is 95.4. The normalized spacial score (nSPS) is 19.3. The van der Waals surface area contributed by atoms with Crippen LogP contribution in [0.25, 0.3) is 248 Å². The highest BCUT2D eigenvalue weighted by Gasteiger charge is 2.24. The third-order valence-electron chi connectivity index (χ3n) is 22.3. The summed E-state index contributed by atoms with van der Waals surface area (Å²) in [6.45, 7) is 4.30. The molecule has 0 unspecified atom stereocenters. The van der Waals surface area contributed by atoms with Gasteiger partial charge in [0.05, 0.1) is 184 Å². The second-order valence-corrected chi connectivity index (χ2v) is 33.0. The van der Waals surface area contributed by atoms with Crippen LogP contribution in [0, 0.1) is 32.1 Å². The second-order valence-electron chi connectivity index (χ2n) is 29.9. The van der Waals surface area contributed by atoms with Gasteiger partial charge in [-0.3, -0.25) is 0 Å². The number of para-hydroxylation sites is 8. The summed E-state index contributed by atoms with van der Waals surface area (Å²) in [4.78, 5) is 0. The van der Waals surface area contributed by atoms with E-state index in [1.165, 1.54) is 20.8 Å². The van der Waals surface area contributed by atoms with E-state index >= 15 is 0 Å². The van der Waals surface area contributed by atoms with E-state index in [0.717, 1.165) is 50.1 Å². The van der Waals surface area contributed by atoms with E-state index in [4.69, 9.17) is 63.1 Å². The Morgan fingerprint density at radius 2 is 0.478 bits per heavy atom. The van der Waals surface area contributed by atoms with Gasteiger partial charge in [0.15, 0.2) is 0 Å². The fraction of sp³-hybridized carbons (Fsp3) is 0.0242. The summed E-state index contributed by atoms with van der Waals surface area (Å²) < 4.78 is 635. The quantitative estimate of drug-likeness (QED) is 0.150. The zero-order valence-corrected chi connectivity index (χ0v) is 70.3. The number of fused-ring (bicyclic) bond motifs is 27. The fourth-order valence-corrected chi connectivity index (χ4v) is 19.7. The molecule has 0 aliphatic carbocycles. The maximum Gasteiger partial charge on any atom is 0.0991 e. The maximum atomic E-state index is 9.88. The van der Waals surface area contributed by atoms with Crippen molar-refractivity contribution in [3.8, 4) is 62.4 Å². The molecule has 0 saturated carbocycles. The van der Waals surface area contributed by atoms with Gasteiger partial charge in [-0.2, -0.15) is 5.26 Å². The predicted molar refractivity (Wildman–Crippen MR) is 574 cm³/mol. The zero-order valence-electron chi connectivity index (χ0n) is 138. The molecule has 0 N–H and O–H groups in total. The molecule has 10 heteroatoms. The second kappa shape index (κ2) is 30.5. The molecule has 7 nitrogen and oxygen atoms in total. The van der Waals surface area contributed by atoms with E-state index in [-0.39, 0.29) is 140 Å². The molecule has 29 aromatic rings. The first kappa shape index (κ1) is 34.9. The summed E-state index contributed by atoms with van der Waals surface area (Å²) in [5, 5.41) is 3.47. The maximum absolute atomic E-state index is 9.88. The number of hydrogen-bond acceptors (Lipinski definition) is 4. The number of thiophene rings is 3. The highest BCUT2D eigenvalue weighted by Crippen LogP contribution is 2.48. The molecule has 0 radical (unpaired) electrons. The van der Waals surface area contributed by atoms with Crippen molar-refractivity contribution in [3.63, 3.8) is 0 Å². The number of hydrogen-bond donors (Lipinski definition) is 0.